The molecule has 16 bridgehead atoms. The van der Waals surface area contributed by atoms with E-state index < -0.39 is 0 Å². The lowest BCUT2D eigenvalue weighted by Gasteiger charge is -2.26. The van der Waals surface area contributed by atoms with E-state index >= 15 is 0 Å². The minimum absolute atomic E-state index is 0.155. The lowest BCUT2D eigenvalue weighted by Crippen LogP contribution is -2.16. The van der Waals surface area contributed by atoms with Crippen molar-refractivity contribution in [1.29, 1.82) is 0 Å². The second kappa shape index (κ2) is 33.8. The number of hydrogen-bond donors (Lipinski definition) is 4. The van der Waals surface area contributed by atoms with Crippen LogP contribution in [0.2, 0.25) is 0 Å². The van der Waals surface area contributed by atoms with Crippen LogP contribution in [-0.4, -0.2) is 39.9 Å². The Kier molecular flexibility index (Phi) is 23.8. The number of benzene rings is 7. The molecule has 0 spiro atoms. The number of aromatic amines is 4. The molecule has 8 nitrogen and oxygen atoms in total. The van der Waals surface area contributed by atoms with Gasteiger partial charge >= 0.3 is 0 Å². The Morgan fingerprint density at radius 1 is 0.130 bits per heavy atom. The first-order valence-corrected chi connectivity index (χ1v) is 50.3. The zero-order chi connectivity index (χ0) is 99.9. The van der Waals surface area contributed by atoms with Gasteiger partial charge in [-0.15, -0.1) is 0 Å². The average molecular weight is 1820 g/mol. The Balaban J connectivity index is 1.00. The molecule has 10 heterocycles. The zero-order valence-corrected chi connectivity index (χ0v) is 89.7. The standard InChI is InChI=1S/C130H150N8/c1-119(2,3)83-57-77(58-84(69-83)120(4,5)6)113-99-45-41-95(131-99)111(96-42-46-100(132-96)114(78-59-85(121(7,8)9)70-86(60-78)122(10,11)12)104-50-54-108(136-104)117(107-53-49-103(113)135-107)81-65-91(127(25,26)27)73-92(66-81)128(28,29)30)75-37-39-76(40-38-75)112-97-43-47-101(133-97)115(79-61-87(123(13,14)15)71-88(62-79)124(16,17)18)105-51-55-109(137-105)118(82-67-93(129(31,32)33)74-94(68-82)130(34,35)36)110-56-52-106(138-110)116(102-48-44-98(112)134-102)80-63-89(125(19,20)21)72-90(64-80)126(22,23)24/h37-74,131,133,136,138H,1-36H3. The zero-order valence-electron chi connectivity index (χ0n) is 89.7. The highest BCUT2D eigenvalue weighted by atomic mass is 14.8. The van der Waals surface area contributed by atoms with Gasteiger partial charge in [-0.25, -0.2) is 19.9 Å². The summed E-state index contributed by atoms with van der Waals surface area (Å²) in [6.45, 7) is 83.9. The van der Waals surface area contributed by atoms with Crippen molar-refractivity contribution in [3.63, 3.8) is 0 Å². The molecule has 138 heavy (non-hydrogen) atoms. The molecule has 0 unspecified atom stereocenters. The molecular formula is C130H150N8. The van der Waals surface area contributed by atoms with Gasteiger partial charge in [0.2, 0.25) is 0 Å². The van der Waals surface area contributed by atoms with E-state index in [4.69, 9.17) is 19.9 Å². The molecule has 0 fully saturated rings. The summed E-state index contributed by atoms with van der Waals surface area (Å²) in [6, 6.07) is 71.2. The number of H-pyrrole nitrogens is 4. The molecule has 4 aliphatic heterocycles. The minimum atomic E-state index is -0.178. The van der Waals surface area contributed by atoms with E-state index in [0.717, 1.165) is 179 Å². The van der Waals surface area contributed by atoms with Crippen LogP contribution in [0.1, 0.15) is 362 Å². The van der Waals surface area contributed by atoms with Crippen molar-refractivity contribution in [2.75, 3.05) is 0 Å². The highest BCUT2D eigenvalue weighted by molar-refractivity contribution is 6.04. The molecule has 0 saturated carbocycles. The van der Waals surface area contributed by atoms with Crippen LogP contribution in [0.3, 0.4) is 0 Å². The Morgan fingerprint density at radius 2 is 0.232 bits per heavy atom. The third-order valence-electron chi connectivity index (χ3n) is 28.7. The van der Waals surface area contributed by atoms with E-state index in [0.29, 0.717) is 0 Å². The van der Waals surface area contributed by atoms with Crippen molar-refractivity contribution in [2.24, 2.45) is 0 Å². The third kappa shape index (κ3) is 19.4. The van der Waals surface area contributed by atoms with E-state index in [2.05, 4.69) is 500 Å². The van der Waals surface area contributed by atoms with Gasteiger partial charge in [0.15, 0.2) is 0 Å². The van der Waals surface area contributed by atoms with Crippen molar-refractivity contribution < 1.29 is 0 Å². The van der Waals surface area contributed by atoms with Gasteiger partial charge < -0.3 is 19.9 Å². The summed E-state index contributed by atoms with van der Waals surface area (Å²) in [5.74, 6) is 0. The number of nitrogens with zero attached hydrogens (tertiary/aromatic N) is 4. The van der Waals surface area contributed by atoms with Crippen LogP contribution in [0.15, 0.2) is 182 Å². The van der Waals surface area contributed by atoms with Crippen molar-refractivity contribution in [3.05, 3.63) is 294 Å². The first-order chi connectivity index (χ1) is 63.9. The van der Waals surface area contributed by atoms with Crippen LogP contribution in [0, 0.1) is 0 Å². The van der Waals surface area contributed by atoms with E-state index in [-0.39, 0.29) is 65.0 Å². The van der Waals surface area contributed by atoms with Crippen LogP contribution in [-0.2, 0) is 65.0 Å². The first-order valence-electron chi connectivity index (χ1n) is 50.3. The molecule has 0 saturated heterocycles. The van der Waals surface area contributed by atoms with Crippen LogP contribution in [0.25, 0.3) is 182 Å². The molecule has 4 N–H and O–H groups in total. The quantitative estimate of drug-likeness (QED) is 0.121. The van der Waals surface area contributed by atoms with Crippen LogP contribution >= 0.6 is 0 Å². The summed E-state index contributed by atoms with van der Waals surface area (Å²) >= 11 is 0. The minimum Gasteiger partial charge on any atom is -0.354 e. The lowest BCUT2D eigenvalue weighted by atomic mass is 9.78. The van der Waals surface area contributed by atoms with Crippen molar-refractivity contribution in [2.45, 2.75) is 314 Å². The van der Waals surface area contributed by atoms with Gasteiger partial charge in [0, 0.05) is 88.6 Å². The number of nitrogens with one attached hydrogen (secondary N) is 4. The van der Waals surface area contributed by atoms with Gasteiger partial charge in [-0.1, -0.05) is 383 Å². The van der Waals surface area contributed by atoms with Crippen molar-refractivity contribution in [3.8, 4) is 89.0 Å². The fourth-order valence-electron chi connectivity index (χ4n) is 19.5. The molecule has 6 aromatic heterocycles. The van der Waals surface area contributed by atoms with Crippen molar-refractivity contribution >= 4 is 92.7 Å². The molecule has 0 atom stereocenters. The molecular weight excluding hydrogens is 1670 g/mol. The average Bonchev–Trinajstić information content (AvgIpc) is 1.70. The maximum absolute atomic E-state index is 6.06. The highest BCUT2D eigenvalue weighted by Crippen LogP contribution is 2.50. The Bertz CT molecular complexity index is 6820. The Labute approximate surface area is 824 Å². The number of hydrogen-bond acceptors (Lipinski definition) is 4. The summed E-state index contributed by atoms with van der Waals surface area (Å²) in [4.78, 5) is 41.0. The SMILES string of the molecule is CC(C)(C)c1cc(-c2c3nc(c(-c4cc(C(C)(C)C)cc(C(C)(C)C)c4)c4ccc([nH]4)c(-c4cc(C(C)(C)C)cc(C(C)(C)C)c4)c4nc(c(-c5ccc(-c6c7nc(c(-c8cc(C(C)(C)C)cc(C(C)(C)C)c8)c8ccc([nH]8)c(-c8cc(C(C)(C)C)cc(C(C)(C)C)c8)c8nc(c(-c9cc(C(C)(C)C)cc(C(C)(C)C)c9)c9ccc6[nH]9)C=C8)C=C7)cc5)c5ccc2[nH]5)C=C4)C=C3)cc(C(C)(C)C)c1. The second-order valence-corrected chi connectivity index (χ2v) is 52.4. The predicted octanol–water partition coefficient (Wildman–Crippen LogP) is 36.5. The monoisotopic (exact) mass is 1820 g/mol. The van der Waals surface area contributed by atoms with Gasteiger partial charge in [-0.3, -0.25) is 0 Å². The van der Waals surface area contributed by atoms with E-state index in [1.165, 1.54) is 66.8 Å². The number of fused-ring (bicyclic) bond motifs is 16. The highest BCUT2D eigenvalue weighted by Gasteiger charge is 2.34. The molecule has 0 amide bonds. The molecule has 7 aromatic carbocycles. The molecule has 4 aliphatic rings. The molecule has 710 valence electrons. The fourth-order valence-corrected chi connectivity index (χ4v) is 19.5. The van der Waals surface area contributed by atoms with E-state index in [1.807, 2.05) is 0 Å². The Morgan fingerprint density at radius 3 is 0.333 bits per heavy atom. The second-order valence-electron chi connectivity index (χ2n) is 52.4. The normalized spacial score (nSPS) is 13.8. The van der Waals surface area contributed by atoms with E-state index in [9.17, 15) is 0 Å². The lowest BCUT2D eigenvalue weighted by molar-refractivity contribution is 0.568. The predicted molar refractivity (Wildman–Crippen MR) is 599 cm³/mol. The number of aromatic nitrogens is 8. The molecule has 0 aliphatic carbocycles. The van der Waals surface area contributed by atoms with Crippen molar-refractivity contribution in [1.82, 2.24) is 39.9 Å². The van der Waals surface area contributed by atoms with Gasteiger partial charge in [-0.05, 0) is 273 Å². The Hall–Kier alpha value is -12.3. The topological polar surface area (TPSA) is 115 Å². The van der Waals surface area contributed by atoms with E-state index in [1.54, 1.807) is 0 Å². The largest absolute Gasteiger partial charge is 0.354 e. The van der Waals surface area contributed by atoms with Crippen LogP contribution < -0.4 is 0 Å². The summed E-state index contributed by atoms with van der Waals surface area (Å²) < 4.78 is 0. The fraction of sp³-hybridized carbons (Fsp3) is 0.369. The molecule has 0 radical (unpaired) electrons. The summed E-state index contributed by atoms with van der Waals surface area (Å²) in [5, 5.41) is 0. The van der Waals surface area contributed by atoms with Gasteiger partial charge in [0.1, 0.15) is 0 Å². The first kappa shape index (κ1) is 97.4. The van der Waals surface area contributed by atoms with Crippen LogP contribution in [0.4, 0.5) is 0 Å². The number of rotatable bonds is 8. The van der Waals surface area contributed by atoms with Gasteiger partial charge in [-0.2, -0.15) is 0 Å². The van der Waals surface area contributed by atoms with Gasteiger partial charge in [0.25, 0.3) is 0 Å². The maximum Gasteiger partial charge on any atom is 0.0737 e. The van der Waals surface area contributed by atoms with Gasteiger partial charge in [0.05, 0.1) is 45.6 Å². The smallest absolute Gasteiger partial charge is 0.0737 e. The molecule has 13 aromatic rings. The maximum atomic E-state index is 6.06. The summed E-state index contributed by atoms with van der Waals surface area (Å²) in [5.41, 5.74) is 44.2. The third-order valence-corrected chi connectivity index (χ3v) is 28.7. The van der Waals surface area contributed by atoms with Crippen LogP contribution in [0.5, 0.6) is 0 Å². The summed E-state index contributed by atoms with van der Waals surface area (Å²) in [6.07, 6.45) is 18.1. The molecule has 17 rings (SSSR count). The summed E-state index contributed by atoms with van der Waals surface area (Å²) in [7, 11) is 0. The molecule has 8 heteroatoms.